The van der Waals surface area contributed by atoms with Gasteiger partial charge >= 0.3 is 0 Å². The molecule has 282 valence electrons. The highest BCUT2D eigenvalue weighted by Gasteiger charge is 2.47. The fraction of sp³-hybridized carbons (Fsp3) is 0.245. The molecule has 1 aliphatic carbocycles. The summed E-state index contributed by atoms with van der Waals surface area (Å²) in [6, 6.07) is 34.9. The molecule has 0 N–H and O–H groups in total. The largest absolute Gasteiger partial charge is 0.326 e. The molecule has 57 heavy (non-hydrogen) atoms. The summed E-state index contributed by atoms with van der Waals surface area (Å²) in [6.45, 7) is 12.4. The van der Waals surface area contributed by atoms with Gasteiger partial charge in [-0.25, -0.2) is 9.97 Å². The van der Waals surface area contributed by atoms with Gasteiger partial charge in [0.25, 0.3) is 0 Å². The Morgan fingerprint density at radius 3 is 1.86 bits per heavy atom. The van der Waals surface area contributed by atoms with E-state index in [1.165, 1.54) is 55.8 Å². The molecule has 0 bridgehead atoms. The van der Waals surface area contributed by atoms with Crippen LogP contribution in [0.3, 0.4) is 0 Å². The van der Waals surface area contributed by atoms with E-state index >= 15 is 0 Å². The lowest BCUT2D eigenvalue weighted by Gasteiger charge is -2.38. The van der Waals surface area contributed by atoms with Crippen LogP contribution in [0.4, 0.5) is 23.0 Å². The van der Waals surface area contributed by atoms with Crippen molar-refractivity contribution in [2.24, 2.45) is 0 Å². The Morgan fingerprint density at radius 1 is 0.632 bits per heavy atom. The number of fused-ring (bicyclic) bond motifs is 5. The number of rotatable bonds is 5. The van der Waals surface area contributed by atoms with Crippen LogP contribution < -0.4 is 9.80 Å². The Bertz CT molecular complexity index is 2890. The molecule has 0 saturated heterocycles. The number of hydrogen-bond donors (Lipinski definition) is 0. The maximum atomic E-state index is 8.71. The fourth-order valence-corrected chi connectivity index (χ4v) is 9.73. The van der Waals surface area contributed by atoms with E-state index in [-0.39, 0.29) is 35.1 Å². The third-order valence-corrected chi connectivity index (χ3v) is 12.8. The molecule has 5 aromatic carbocycles. The zero-order valence-corrected chi connectivity index (χ0v) is 33.4. The second-order valence-electron chi connectivity index (χ2n) is 16.9. The van der Waals surface area contributed by atoms with E-state index in [4.69, 9.17) is 16.8 Å². The van der Waals surface area contributed by atoms with Gasteiger partial charge < -0.3 is 9.80 Å². The Morgan fingerprint density at radius 2 is 1.23 bits per heavy atom. The highest BCUT2D eigenvalue weighted by molar-refractivity contribution is 5.88. The molecule has 0 radical (unpaired) electrons. The second kappa shape index (κ2) is 13.6. The van der Waals surface area contributed by atoms with Crippen molar-refractivity contribution in [3.05, 3.63) is 190 Å². The van der Waals surface area contributed by atoms with E-state index in [2.05, 4.69) is 128 Å². The first-order valence-electron chi connectivity index (χ1n) is 22.8. The van der Waals surface area contributed by atoms with E-state index in [0.29, 0.717) is 5.56 Å². The lowest BCUT2D eigenvalue weighted by atomic mass is 9.67. The lowest BCUT2D eigenvalue weighted by molar-refractivity contribution is 0.589. The summed E-state index contributed by atoms with van der Waals surface area (Å²) < 4.78 is 42.2. The van der Waals surface area contributed by atoms with Gasteiger partial charge in [-0.3, -0.25) is 0 Å². The minimum atomic E-state index is -0.632. The van der Waals surface area contributed by atoms with Gasteiger partial charge in [-0.05, 0) is 136 Å². The Balaban J connectivity index is 1.16. The van der Waals surface area contributed by atoms with Crippen LogP contribution >= 0.6 is 0 Å². The van der Waals surface area contributed by atoms with E-state index < -0.39 is 11.5 Å². The predicted octanol–water partition coefficient (Wildman–Crippen LogP) is 12.6. The van der Waals surface area contributed by atoms with Crippen LogP contribution in [0.5, 0.6) is 0 Å². The quantitative estimate of drug-likeness (QED) is 0.175. The first kappa shape index (κ1) is 30.2. The molecule has 4 nitrogen and oxygen atoms in total. The SMILES string of the molecule is [2H]c1c([2H])c([2H])c(-c2cnc(N3CCCc4ccc(C5(c6ccc7c(c6)N(c6cc(C(C)(C)C)ccn6)CCC7)c6ccccc6-c6ccccc65)cc43)c(C)c2C)c([2H])c1[2H]. The fourth-order valence-electron chi connectivity index (χ4n) is 9.73. The normalized spacial score (nSPS) is 16.7. The van der Waals surface area contributed by atoms with Crippen molar-refractivity contribution >= 4 is 23.0 Å². The van der Waals surface area contributed by atoms with E-state index in [0.717, 1.165) is 67.2 Å². The molecule has 10 rings (SSSR count). The predicted molar refractivity (Wildman–Crippen MR) is 236 cm³/mol. The van der Waals surface area contributed by atoms with E-state index in [1.54, 1.807) is 6.20 Å². The van der Waals surface area contributed by atoms with Gasteiger partial charge in [0.1, 0.15) is 11.6 Å². The second-order valence-corrected chi connectivity index (χ2v) is 16.9. The number of aryl methyl sites for hydroxylation is 2. The van der Waals surface area contributed by atoms with Gasteiger partial charge in [0, 0.05) is 42.4 Å². The van der Waals surface area contributed by atoms with Crippen molar-refractivity contribution in [2.75, 3.05) is 22.9 Å². The van der Waals surface area contributed by atoms with Crippen molar-refractivity contribution in [3.8, 4) is 22.3 Å². The van der Waals surface area contributed by atoms with Crippen LogP contribution in [0, 0.1) is 13.8 Å². The van der Waals surface area contributed by atoms with Crippen molar-refractivity contribution in [3.63, 3.8) is 0 Å². The molecule has 0 spiro atoms. The summed E-state index contributed by atoms with van der Waals surface area (Å²) in [6.07, 6.45) is 7.62. The highest BCUT2D eigenvalue weighted by Crippen LogP contribution is 2.57. The minimum absolute atomic E-state index is 0.00104. The van der Waals surface area contributed by atoms with Crippen molar-refractivity contribution < 1.29 is 6.85 Å². The summed E-state index contributed by atoms with van der Waals surface area (Å²) in [4.78, 5) is 14.8. The van der Waals surface area contributed by atoms with E-state index in [1.807, 2.05) is 20.0 Å². The van der Waals surface area contributed by atoms with Gasteiger partial charge in [0.15, 0.2) is 0 Å². The molecule has 4 heterocycles. The summed E-state index contributed by atoms with van der Waals surface area (Å²) >= 11 is 0. The minimum Gasteiger partial charge on any atom is -0.326 e. The summed E-state index contributed by atoms with van der Waals surface area (Å²) in [5.41, 5.74) is 15.4. The summed E-state index contributed by atoms with van der Waals surface area (Å²) in [5, 5.41) is 0. The molecule has 3 aliphatic rings. The third kappa shape index (κ3) is 5.63. The van der Waals surface area contributed by atoms with Crippen LogP contribution in [0.25, 0.3) is 22.3 Å². The highest BCUT2D eigenvalue weighted by atomic mass is 15.2. The van der Waals surface area contributed by atoms with Gasteiger partial charge in [0.05, 0.1) is 12.3 Å². The Labute approximate surface area is 344 Å². The van der Waals surface area contributed by atoms with Crippen LogP contribution in [0.1, 0.15) is 90.5 Å². The van der Waals surface area contributed by atoms with Crippen LogP contribution in [0.2, 0.25) is 0 Å². The van der Waals surface area contributed by atoms with Crippen LogP contribution in [-0.4, -0.2) is 23.1 Å². The maximum absolute atomic E-state index is 8.71. The van der Waals surface area contributed by atoms with E-state index in [9.17, 15) is 0 Å². The van der Waals surface area contributed by atoms with Crippen molar-refractivity contribution in [2.45, 2.75) is 71.1 Å². The number of aromatic nitrogens is 2. The Kier molecular flexibility index (Phi) is 7.19. The maximum Gasteiger partial charge on any atom is 0.136 e. The number of benzene rings is 5. The van der Waals surface area contributed by atoms with Crippen LogP contribution in [0.15, 0.2) is 140 Å². The number of hydrogen-bond acceptors (Lipinski definition) is 4. The van der Waals surface area contributed by atoms with Gasteiger partial charge in [-0.2, -0.15) is 0 Å². The molecule has 4 heteroatoms. The van der Waals surface area contributed by atoms with Gasteiger partial charge in [0.2, 0.25) is 0 Å². The Hall–Kier alpha value is -6.00. The summed E-state index contributed by atoms with van der Waals surface area (Å²) in [5.74, 6) is 1.80. The molecular formula is C53H50N4. The first-order valence-corrected chi connectivity index (χ1v) is 20.3. The average molecular weight is 748 g/mol. The zero-order chi connectivity index (χ0) is 43.2. The average Bonchev–Trinajstić information content (AvgIpc) is 3.59. The number of nitrogens with zero attached hydrogens (tertiary/aromatic N) is 4. The molecule has 0 saturated carbocycles. The number of pyridine rings is 2. The summed E-state index contributed by atoms with van der Waals surface area (Å²) in [7, 11) is 0. The molecule has 2 aliphatic heterocycles. The molecule has 0 atom stereocenters. The molecular weight excluding hydrogens is 693 g/mol. The monoisotopic (exact) mass is 747 g/mol. The molecule has 0 unspecified atom stereocenters. The smallest absolute Gasteiger partial charge is 0.136 e. The standard InChI is InChI=1S/C53H50N4/c1-35-36(2)51(55-34-45(35)37-15-7-6-8-16-37)57-30-14-18-39-24-26-42(32-49(39)57)53(46-21-11-9-19-43(46)44-20-10-12-22-47(44)53)41-25-23-38-17-13-29-56(48(38)31-41)50-33-40(27-28-54-50)52(3,4)5/h6-12,15-16,19-28,31-34H,13-14,17-18,29-30H2,1-5H3/i6D,7D,8D,15D,16D. The van der Waals surface area contributed by atoms with Gasteiger partial charge in [-0.15, -0.1) is 0 Å². The molecule has 0 amide bonds. The van der Waals surface area contributed by atoms with Crippen LogP contribution in [-0.2, 0) is 23.7 Å². The third-order valence-electron chi connectivity index (χ3n) is 12.8. The van der Waals surface area contributed by atoms with Crippen molar-refractivity contribution in [1.29, 1.82) is 0 Å². The van der Waals surface area contributed by atoms with Gasteiger partial charge in [-0.1, -0.05) is 124 Å². The molecule has 2 aromatic heterocycles. The molecule has 0 fully saturated rings. The van der Waals surface area contributed by atoms with Crippen molar-refractivity contribution in [1.82, 2.24) is 9.97 Å². The first-order chi connectivity index (χ1) is 29.8. The molecule has 7 aromatic rings. The lowest BCUT2D eigenvalue weighted by Crippen LogP contribution is -2.32. The number of anilines is 4. The zero-order valence-electron chi connectivity index (χ0n) is 38.4. The topological polar surface area (TPSA) is 32.3 Å².